The number of unbranched alkanes of at least 4 members (excludes halogenated alkanes) is 36. The lowest BCUT2D eigenvalue weighted by Gasteiger charge is -2.21. The van der Waals surface area contributed by atoms with E-state index in [0.717, 1.165) is 121 Å². The topological polar surface area (TPSA) is 237 Å². The summed E-state index contributed by atoms with van der Waals surface area (Å²) in [4.78, 5) is 72.7. The number of ether oxygens (including phenoxy) is 4. The Bertz CT molecular complexity index is 1930. The molecule has 0 saturated carbocycles. The highest BCUT2D eigenvalue weighted by molar-refractivity contribution is 7.47. The lowest BCUT2D eigenvalue weighted by molar-refractivity contribution is -0.161. The van der Waals surface area contributed by atoms with Crippen LogP contribution in [0.1, 0.15) is 357 Å². The van der Waals surface area contributed by atoms with Crippen LogP contribution in [-0.4, -0.2) is 96.7 Å². The summed E-state index contributed by atoms with van der Waals surface area (Å²) in [5.74, 6) is 0.0867. The molecule has 0 aromatic rings. The van der Waals surface area contributed by atoms with Gasteiger partial charge >= 0.3 is 39.5 Å². The summed E-state index contributed by atoms with van der Waals surface area (Å²) in [5.41, 5.74) is 0. The largest absolute Gasteiger partial charge is 0.472 e. The monoisotopic (exact) mass is 1380 g/mol. The Morgan fingerprint density at radius 2 is 0.574 bits per heavy atom. The van der Waals surface area contributed by atoms with E-state index in [1.807, 2.05) is 0 Å². The first-order valence-electron chi connectivity index (χ1n) is 38.2. The van der Waals surface area contributed by atoms with Gasteiger partial charge in [0, 0.05) is 25.7 Å². The molecule has 94 heavy (non-hydrogen) atoms. The number of aliphatic hydroxyl groups is 1. The van der Waals surface area contributed by atoms with Crippen molar-refractivity contribution in [2.75, 3.05) is 39.6 Å². The first kappa shape index (κ1) is 91.5. The van der Waals surface area contributed by atoms with Crippen molar-refractivity contribution in [1.29, 1.82) is 0 Å². The van der Waals surface area contributed by atoms with Crippen molar-refractivity contribution in [2.45, 2.75) is 375 Å². The van der Waals surface area contributed by atoms with E-state index in [2.05, 4.69) is 72.8 Å². The van der Waals surface area contributed by atoms with Gasteiger partial charge in [-0.2, -0.15) is 0 Å². The minimum Gasteiger partial charge on any atom is -0.462 e. The maximum absolute atomic E-state index is 13.1. The number of carbonyl (C=O) groups excluding carboxylic acids is 4. The third-order valence-corrected chi connectivity index (χ3v) is 18.7. The smallest absolute Gasteiger partial charge is 0.462 e. The van der Waals surface area contributed by atoms with Crippen molar-refractivity contribution in [2.24, 2.45) is 17.8 Å². The zero-order valence-electron chi connectivity index (χ0n) is 60.9. The molecule has 17 nitrogen and oxygen atoms in total. The predicted octanol–water partition coefficient (Wildman–Crippen LogP) is 21.3. The molecular weight excluding hydrogens is 1230 g/mol. The van der Waals surface area contributed by atoms with Crippen LogP contribution < -0.4 is 0 Å². The number of allylic oxidation sites excluding steroid dienone is 4. The SMILES string of the molecule is CCCCCC/C=C\C=C/CCCCCCCC(=O)O[C@H](COC(=O)CCCCCCCCCC(C)C)COP(=O)(O)OCC(O)COP(=O)(O)OC[C@@H](COC(=O)CCCCCCCCCCCC(C)C)OC(=O)CCCCCCCCCCCCCCCCC(C)C. The van der Waals surface area contributed by atoms with Crippen LogP contribution >= 0.6 is 15.6 Å². The second kappa shape index (κ2) is 65.2. The van der Waals surface area contributed by atoms with Gasteiger partial charge in [-0.15, -0.1) is 0 Å². The maximum Gasteiger partial charge on any atom is 0.472 e. The van der Waals surface area contributed by atoms with Gasteiger partial charge in [0.05, 0.1) is 26.4 Å². The van der Waals surface area contributed by atoms with Crippen LogP contribution in [0.3, 0.4) is 0 Å². The zero-order valence-corrected chi connectivity index (χ0v) is 62.7. The molecule has 0 saturated heterocycles. The second-order valence-corrected chi connectivity index (χ2v) is 30.7. The van der Waals surface area contributed by atoms with Crippen LogP contribution in [0.15, 0.2) is 24.3 Å². The Morgan fingerprint density at radius 1 is 0.330 bits per heavy atom. The van der Waals surface area contributed by atoms with Gasteiger partial charge in [0.1, 0.15) is 19.3 Å². The van der Waals surface area contributed by atoms with Gasteiger partial charge in [0.2, 0.25) is 0 Å². The van der Waals surface area contributed by atoms with E-state index in [-0.39, 0.29) is 25.7 Å². The molecule has 0 aliphatic carbocycles. The average molecular weight is 1380 g/mol. The van der Waals surface area contributed by atoms with Crippen LogP contribution in [0.5, 0.6) is 0 Å². The first-order chi connectivity index (χ1) is 45.2. The summed E-state index contributed by atoms with van der Waals surface area (Å²) in [6.45, 7) is 11.8. The highest BCUT2D eigenvalue weighted by Crippen LogP contribution is 2.45. The van der Waals surface area contributed by atoms with Crippen LogP contribution in [0.4, 0.5) is 0 Å². The van der Waals surface area contributed by atoms with E-state index in [1.165, 1.54) is 148 Å². The number of rotatable bonds is 71. The molecule has 5 atom stereocenters. The highest BCUT2D eigenvalue weighted by Gasteiger charge is 2.30. The molecule has 0 radical (unpaired) electrons. The summed E-state index contributed by atoms with van der Waals surface area (Å²) < 4.78 is 68.4. The van der Waals surface area contributed by atoms with Gasteiger partial charge < -0.3 is 33.8 Å². The highest BCUT2D eigenvalue weighted by atomic mass is 31.2. The van der Waals surface area contributed by atoms with Crippen LogP contribution in [0.25, 0.3) is 0 Å². The van der Waals surface area contributed by atoms with Gasteiger partial charge in [-0.1, -0.05) is 304 Å². The molecular formula is C75H142O17P2. The predicted molar refractivity (Wildman–Crippen MR) is 381 cm³/mol. The molecule has 0 heterocycles. The average Bonchev–Trinajstić information content (AvgIpc) is 1.71. The number of aliphatic hydroxyl groups excluding tert-OH is 1. The second-order valence-electron chi connectivity index (χ2n) is 27.8. The van der Waals surface area contributed by atoms with Gasteiger partial charge in [-0.3, -0.25) is 37.3 Å². The quantitative estimate of drug-likeness (QED) is 0.0169. The fourth-order valence-electron chi connectivity index (χ4n) is 10.9. The number of hydrogen-bond donors (Lipinski definition) is 3. The molecule has 0 fully saturated rings. The van der Waals surface area contributed by atoms with E-state index in [4.69, 9.17) is 37.0 Å². The van der Waals surface area contributed by atoms with Crippen molar-refractivity contribution >= 4 is 39.5 Å². The maximum atomic E-state index is 13.1. The number of esters is 4. The van der Waals surface area contributed by atoms with Crippen molar-refractivity contribution in [3.05, 3.63) is 24.3 Å². The van der Waals surface area contributed by atoms with Crippen LogP contribution in [0, 0.1) is 17.8 Å². The number of phosphoric ester groups is 2. The number of carbonyl (C=O) groups is 4. The third kappa shape index (κ3) is 68.1. The molecule has 0 spiro atoms. The van der Waals surface area contributed by atoms with Gasteiger partial charge in [-0.05, 0) is 69.1 Å². The van der Waals surface area contributed by atoms with Crippen molar-refractivity contribution < 1.29 is 80.2 Å². The fraction of sp³-hybridized carbons (Fsp3) is 0.893. The molecule has 0 aromatic carbocycles. The molecule has 0 amide bonds. The van der Waals surface area contributed by atoms with Crippen molar-refractivity contribution in [3.8, 4) is 0 Å². The summed E-state index contributed by atoms with van der Waals surface area (Å²) >= 11 is 0. The van der Waals surface area contributed by atoms with Crippen molar-refractivity contribution in [1.82, 2.24) is 0 Å². The number of hydrogen-bond acceptors (Lipinski definition) is 15. The Labute approximate surface area is 573 Å². The zero-order chi connectivity index (χ0) is 69.4. The van der Waals surface area contributed by atoms with Gasteiger partial charge in [0.15, 0.2) is 12.2 Å². The third-order valence-electron chi connectivity index (χ3n) is 16.8. The molecule has 0 rings (SSSR count). The van der Waals surface area contributed by atoms with E-state index in [0.29, 0.717) is 31.6 Å². The van der Waals surface area contributed by atoms with Crippen LogP contribution in [-0.2, 0) is 65.4 Å². The van der Waals surface area contributed by atoms with E-state index in [9.17, 15) is 43.2 Å². The molecule has 3 N–H and O–H groups in total. The molecule has 3 unspecified atom stereocenters. The fourth-order valence-corrected chi connectivity index (χ4v) is 12.5. The molecule has 19 heteroatoms. The van der Waals surface area contributed by atoms with E-state index >= 15 is 0 Å². The first-order valence-corrected chi connectivity index (χ1v) is 41.2. The van der Waals surface area contributed by atoms with Gasteiger partial charge in [-0.25, -0.2) is 9.13 Å². The summed E-state index contributed by atoms with van der Waals surface area (Å²) in [6, 6.07) is 0. The summed E-state index contributed by atoms with van der Waals surface area (Å²) in [5, 5.41) is 10.6. The Morgan fingerprint density at radius 3 is 0.862 bits per heavy atom. The lowest BCUT2D eigenvalue weighted by Crippen LogP contribution is -2.30. The van der Waals surface area contributed by atoms with Gasteiger partial charge in [0.25, 0.3) is 0 Å². The minimum atomic E-state index is -4.96. The molecule has 0 aliphatic rings. The normalized spacial score (nSPS) is 14.3. The molecule has 0 aromatic heterocycles. The van der Waals surface area contributed by atoms with E-state index < -0.39 is 97.5 Å². The molecule has 554 valence electrons. The van der Waals surface area contributed by atoms with Crippen LogP contribution in [0.2, 0.25) is 0 Å². The summed E-state index contributed by atoms with van der Waals surface area (Å²) in [7, 11) is -9.92. The number of phosphoric acid groups is 2. The molecule has 0 aliphatic heterocycles. The molecule has 0 bridgehead atoms. The van der Waals surface area contributed by atoms with Crippen molar-refractivity contribution in [3.63, 3.8) is 0 Å². The standard InChI is InChI=1S/C75H142O17P2/c1-8-9-10-11-12-13-14-15-16-20-23-28-36-44-51-58-75(80)92-71(63-86-73(78)57-50-43-38-31-34-41-48-55-68(6)7)65-90-94(83,84)88-61-69(76)60-87-93(81,82)89-64-70(62-85-72(77)56-49-42-35-30-25-27-33-40-47-54-67(4)5)91-74(79)59-52-45-37-29-24-21-18-17-19-22-26-32-39-46-53-66(2)3/h13-16,66-71,76H,8-12,17-65H2,1-7H3,(H,81,82)(H,83,84)/b14-13-,16-15-/t69?,70-,71-/m1/s1. The Hall–Kier alpha value is -2.46. The Kier molecular flexibility index (Phi) is 63.5. The summed E-state index contributed by atoms with van der Waals surface area (Å²) in [6.07, 6.45) is 53.6. The lowest BCUT2D eigenvalue weighted by atomic mass is 10.0. The minimum absolute atomic E-state index is 0.0839. The van der Waals surface area contributed by atoms with E-state index in [1.54, 1.807) is 0 Å². The Balaban J connectivity index is 5.28.